The number of alkyl halides is 2. The Bertz CT molecular complexity index is 564. The molecule has 4 rings (SSSR count). The minimum absolute atomic E-state index is 0.0478. The van der Waals surface area contributed by atoms with Crippen molar-refractivity contribution in [2.45, 2.75) is 76.0 Å². The van der Waals surface area contributed by atoms with Crippen LogP contribution in [0.3, 0.4) is 0 Å². The third-order valence-electron chi connectivity index (χ3n) is 8.34. The van der Waals surface area contributed by atoms with Crippen LogP contribution in [-0.4, -0.2) is 10.3 Å². The average Bonchev–Trinajstić information content (AvgIpc) is 2.84. The molecule has 3 saturated carbocycles. The lowest BCUT2D eigenvalue weighted by atomic mass is 9.47. The zero-order valence-electron chi connectivity index (χ0n) is 14.7. The summed E-state index contributed by atoms with van der Waals surface area (Å²) in [4.78, 5) is -0.303. The molecule has 2 heteroatoms. The van der Waals surface area contributed by atoms with Crippen LogP contribution in [0.2, 0.25) is 0 Å². The Morgan fingerprint density at radius 1 is 1.17 bits per heavy atom. The Hall–Kier alpha value is 0.0600. The molecule has 23 heavy (non-hydrogen) atoms. The van der Waals surface area contributed by atoms with Crippen molar-refractivity contribution in [3.05, 3.63) is 23.8 Å². The van der Waals surface area contributed by atoms with Gasteiger partial charge in [0.15, 0.2) is 0 Å². The summed E-state index contributed by atoms with van der Waals surface area (Å²) in [5.74, 6) is 2.15. The van der Waals surface area contributed by atoms with Gasteiger partial charge in [-0.15, -0.1) is 23.2 Å². The van der Waals surface area contributed by atoms with Gasteiger partial charge in [-0.3, -0.25) is 0 Å². The van der Waals surface area contributed by atoms with Crippen molar-refractivity contribution in [3.8, 4) is 0 Å². The predicted octanol–water partition coefficient (Wildman–Crippen LogP) is 6.72. The van der Waals surface area contributed by atoms with Gasteiger partial charge >= 0.3 is 0 Å². The summed E-state index contributed by atoms with van der Waals surface area (Å²) in [7, 11) is 0. The first-order valence-corrected chi connectivity index (χ1v) is 10.4. The number of allylic oxidation sites excluding steroid dienone is 4. The standard InChI is InChI=1S/C21H30Cl2/c1-4-14-8-10-16-17-11-9-15-7-5-6-12-20(15,3)21(17,23)18(22)13-19(14,16)2/h6-7,12,14,16-18H,4-5,8-11,13H2,1-3H3/t14-,16-,17-,18-,19+,20-,21-/m0/s1. The van der Waals surface area contributed by atoms with E-state index in [1.807, 2.05) is 0 Å². The van der Waals surface area contributed by atoms with Crippen LogP contribution in [0.5, 0.6) is 0 Å². The van der Waals surface area contributed by atoms with Gasteiger partial charge in [-0.05, 0) is 61.7 Å². The van der Waals surface area contributed by atoms with E-state index in [1.54, 1.807) is 5.57 Å². The van der Waals surface area contributed by atoms with Crippen LogP contribution in [0.15, 0.2) is 23.8 Å². The van der Waals surface area contributed by atoms with Crippen LogP contribution in [0, 0.1) is 28.6 Å². The van der Waals surface area contributed by atoms with E-state index < -0.39 is 0 Å². The van der Waals surface area contributed by atoms with Crippen LogP contribution in [-0.2, 0) is 0 Å². The van der Waals surface area contributed by atoms with Crippen molar-refractivity contribution < 1.29 is 0 Å². The number of fused-ring (bicyclic) bond motifs is 5. The average molecular weight is 353 g/mol. The molecule has 0 unspecified atom stereocenters. The highest BCUT2D eigenvalue weighted by Crippen LogP contribution is 2.70. The Morgan fingerprint density at radius 3 is 2.70 bits per heavy atom. The molecule has 0 N–H and O–H groups in total. The minimum Gasteiger partial charge on any atom is -0.121 e. The maximum atomic E-state index is 7.54. The summed E-state index contributed by atoms with van der Waals surface area (Å²) >= 11 is 14.7. The van der Waals surface area contributed by atoms with Crippen molar-refractivity contribution in [1.82, 2.24) is 0 Å². The van der Waals surface area contributed by atoms with E-state index >= 15 is 0 Å². The fraction of sp³-hybridized carbons (Fsp3) is 0.810. The normalized spacial score (nSPS) is 54.9. The quantitative estimate of drug-likeness (QED) is 0.362. The van der Waals surface area contributed by atoms with Crippen molar-refractivity contribution in [1.29, 1.82) is 0 Å². The first kappa shape index (κ1) is 16.5. The maximum Gasteiger partial charge on any atom is 0.0765 e. The third-order valence-corrected chi connectivity index (χ3v) is 9.88. The molecular formula is C21H30Cl2. The number of halogens is 2. The first-order valence-electron chi connectivity index (χ1n) is 9.58. The van der Waals surface area contributed by atoms with Crippen LogP contribution in [0.4, 0.5) is 0 Å². The molecule has 0 amide bonds. The van der Waals surface area contributed by atoms with E-state index in [2.05, 4.69) is 39.0 Å². The second-order valence-electron chi connectivity index (χ2n) is 8.95. The topological polar surface area (TPSA) is 0 Å². The molecule has 0 spiro atoms. The lowest BCUT2D eigenvalue weighted by Gasteiger charge is -2.63. The van der Waals surface area contributed by atoms with Gasteiger partial charge in [0.25, 0.3) is 0 Å². The van der Waals surface area contributed by atoms with Crippen molar-refractivity contribution in [3.63, 3.8) is 0 Å². The van der Waals surface area contributed by atoms with Gasteiger partial charge < -0.3 is 0 Å². The van der Waals surface area contributed by atoms with Gasteiger partial charge in [0.05, 0.1) is 10.3 Å². The second-order valence-corrected chi connectivity index (χ2v) is 10.1. The Labute approximate surface area is 151 Å². The van der Waals surface area contributed by atoms with E-state index in [0.29, 0.717) is 11.3 Å². The van der Waals surface area contributed by atoms with Gasteiger partial charge in [0.1, 0.15) is 0 Å². The molecule has 0 aliphatic heterocycles. The molecule has 128 valence electrons. The summed E-state index contributed by atoms with van der Waals surface area (Å²) in [6, 6.07) is 0. The van der Waals surface area contributed by atoms with Crippen LogP contribution in [0.25, 0.3) is 0 Å². The molecule has 0 aromatic heterocycles. The molecule has 4 aliphatic carbocycles. The smallest absolute Gasteiger partial charge is 0.0765 e. The van der Waals surface area contributed by atoms with Gasteiger partial charge in [-0.2, -0.15) is 0 Å². The zero-order chi connectivity index (χ0) is 16.5. The first-order chi connectivity index (χ1) is 10.9. The monoisotopic (exact) mass is 352 g/mol. The molecule has 0 nitrogen and oxygen atoms in total. The summed E-state index contributed by atoms with van der Waals surface area (Å²) < 4.78 is 0. The number of hydrogen-bond donors (Lipinski definition) is 0. The molecule has 0 aromatic rings. The van der Waals surface area contributed by atoms with Crippen LogP contribution < -0.4 is 0 Å². The molecule has 0 bridgehead atoms. The van der Waals surface area contributed by atoms with Crippen molar-refractivity contribution >= 4 is 23.2 Å². The van der Waals surface area contributed by atoms with Gasteiger partial charge in [-0.25, -0.2) is 0 Å². The molecule has 0 heterocycles. The van der Waals surface area contributed by atoms with E-state index in [9.17, 15) is 0 Å². The lowest BCUT2D eigenvalue weighted by Crippen LogP contribution is -2.64. The van der Waals surface area contributed by atoms with Crippen molar-refractivity contribution in [2.24, 2.45) is 28.6 Å². The highest BCUT2D eigenvalue weighted by Gasteiger charge is 2.68. The third kappa shape index (κ3) is 1.92. The van der Waals surface area contributed by atoms with E-state index in [1.165, 1.54) is 32.1 Å². The molecule has 3 fully saturated rings. The Balaban J connectivity index is 1.80. The highest BCUT2D eigenvalue weighted by molar-refractivity contribution is 6.33. The molecular weight excluding hydrogens is 323 g/mol. The largest absolute Gasteiger partial charge is 0.121 e. The van der Waals surface area contributed by atoms with Gasteiger partial charge in [0.2, 0.25) is 0 Å². The summed E-state index contributed by atoms with van der Waals surface area (Å²) in [5.41, 5.74) is 1.90. The Morgan fingerprint density at radius 2 is 1.96 bits per heavy atom. The summed E-state index contributed by atoms with van der Waals surface area (Å²) in [5, 5.41) is 0.0685. The van der Waals surface area contributed by atoms with Gasteiger partial charge in [-0.1, -0.05) is 51.0 Å². The van der Waals surface area contributed by atoms with Crippen LogP contribution >= 0.6 is 23.2 Å². The number of hydrogen-bond acceptors (Lipinski definition) is 0. The number of rotatable bonds is 1. The fourth-order valence-electron chi connectivity index (χ4n) is 7.05. The minimum atomic E-state index is -0.303. The van der Waals surface area contributed by atoms with E-state index in [-0.39, 0.29) is 15.7 Å². The van der Waals surface area contributed by atoms with E-state index in [0.717, 1.165) is 24.7 Å². The van der Waals surface area contributed by atoms with E-state index in [4.69, 9.17) is 23.2 Å². The summed E-state index contributed by atoms with van der Waals surface area (Å²) in [6.45, 7) is 7.24. The molecule has 0 radical (unpaired) electrons. The molecule has 0 saturated heterocycles. The predicted molar refractivity (Wildman–Crippen MR) is 100 cm³/mol. The fourth-order valence-corrected chi connectivity index (χ4v) is 8.30. The van der Waals surface area contributed by atoms with Crippen LogP contribution in [0.1, 0.15) is 65.7 Å². The highest BCUT2D eigenvalue weighted by atomic mass is 35.5. The second kappa shape index (κ2) is 5.28. The van der Waals surface area contributed by atoms with Gasteiger partial charge in [0, 0.05) is 5.41 Å². The Kier molecular flexibility index (Phi) is 3.79. The maximum absolute atomic E-state index is 7.54. The zero-order valence-corrected chi connectivity index (χ0v) is 16.3. The summed E-state index contributed by atoms with van der Waals surface area (Å²) in [6.07, 6.45) is 15.7. The molecule has 0 aromatic carbocycles. The molecule has 4 aliphatic rings. The molecule has 7 atom stereocenters. The van der Waals surface area contributed by atoms with Crippen molar-refractivity contribution in [2.75, 3.05) is 0 Å². The lowest BCUT2D eigenvalue weighted by molar-refractivity contribution is -0.0151. The SMILES string of the molecule is CC[C@H]1CC[C@H]2[C@@H]3CCC4=CCC=C[C@]4(C)[C@@]3(Cl)[C@@H](Cl)C[C@]12C.